The molecule has 0 N–H and O–H groups in total. The number of benzene rings is 9. The van der Waals surface area contributed by atoms with E-state index in [0.29, 0.717) is 0 Å². The van der Waals surface area contributed by atoms with Gasteiger partial charge in [0.15, 0.2) is 8.07 Å². The Bertz CT molecular complexity index is 4460. The molecule has 0 unspecified atom stereocenters. The summed E-state index contributed by atoms with van der Waals surface area (Å²) in [6, 6.07) is 73.3. The summed E-state index contributed by atoms with van der Waals surface area (Å²) in [5.41, 5.74) is 26.4. The smallest absolute Gasteiger partial charge is 0.264 e. The van der Waals surface area contributed by atoms with Crippen molar-refractivity contribution in [2.75, 3.05) is 9.80 Å². The van der Waals surface area contributed by atoms with Crippen molar-refractivity contribution in [1.29, 1.82) is 0 Å². The molecule has 0 saturated heterocycles. The first kappa shape index (κ1) is 54.2. The minimum absolute atomic E-state index is 0.0185. The molecule has 0 fully saturated rings. The number of aryl methyl sites for hydroxylation is 1. The molecule has 428 valence electrons. The fourth-order valence-corrected chi connectivity index (χ4v) is 24.0. The topological polar surface area (TPSA) is 6.48 Å². The summed E-state index contributed by atoms with van der Waals surface area (Å²) in [7, 11) is -2.95. The van der Waals surface area contributed by atoms with Crippen LogP contribution in [0, 0.1) is 6.92 Å². The molecule has 86 heavy (non-hydrogen) atoms. The molecule has 3 aliphatic carbocycles. The molecule has 3 aliphatic heterocycles. The lowest BCUT2D eigenvalue weighted by Gasteiger charge is -2.46. The predicted octanol–water partition coefficient (Wildman–Crippen LogP) is 17.4. The van der Waals surface area contributed by atoms with E-state index in [2.05, 4.69) is 293 Å². The first-order valence-corrected chi connectivity index (χ1v) is 35.0. The number of thiophene rings is 1. The second-order valence-electron chi connectivity index (χ2n) is 30.8. The Balaban J connectivity index is 1.08. The zero-order chi connectivity index (χ0) is 59.4. The molecule has 10 aromatic rings. The standard InChI is InChI=1S/C81H81BN2SSi/c1-50-41-68-73-69(42-50)84(66-47-63-61(78(6,7)37-39-80(63,10)11)44-56(66)51-25-17-14-18-26-51)67-46-57-55-31-23-24-32-71(55)86(53-27-19-15-20-28-53,54-29-21-16-22-30-54)72(57)49-65(67)82(73)75-74(58-45-62-64(48-70(58)85-75)81(12,13)40-38-79(62,8)9)83(68)52-33-34-59-60(43-52)77(4,5)36-35-76(59,2)3/h14-34,41-49H,35-40H2,1-13H3. The van der Waals surface area contributed by atoms with Crippen LogP contribution in [0.2, 0.25) is 0 Å². The van der Waals surface area contributed by atoms with Crippen LogP contribution >= 0.6 is 11.3 Å². The SMILES string of the molecule is Cc1cc2c3c(c1)N(c1ccc4c(c1)C(C)(C)CCC4(C)C)c1c(sc4cc5c(cc14)C(C)(C)CCC5(C)C)B3c1cc3c(cc1N2c1cc2c(cc1-c1ccccc1)C(C)(C)CCC2(C)C)-c1ccccc1[Si]3(c1ccccc1)c1ccccc1. The lowest BCUT2D eigenvalue weighted by atomic mass is 9.36. The van der Waals surface area contributed by atoms with Crippen LogP contribution in [0.5, 0.6) is 0 Å². The Hall–Kier alpha value is -7.18. The number of hydrogen-bond acceptors (Lipinski definition) is 3. The highest BCUT2D eigenvalue weighted by molar-refractivity contribution is 7.34. The summed E-state index contributed by atoms with van der Waals surface area (Å²) in [6.07, 6.45) is 7.00. The number of fused-ring (bicyclic) bond motifs is 12. The van der Waals surface area contributed by atoms with Gasteiger partial charge < -0.3 is 9.80 Å². The van der Waals surface area contributed by atoms with Crippen LogP contribution in [-0.2, 0) is 32.5 Å². The third kappa shape index (κ3) is 7.55. The molecule has 0 bridgehead atoms. The number of hydrogen-bond donors (Lipinski definition) is 0. The lowest BCUT2D eigenvalue weighted by molar-refractivity contribution is 0.332. The third-order valence-electron chi connectivity index (χ3n) is 22.7. The van der Waals surface area contributed by atoms with Gasteiger partial charge in [0, 0.05) is 43.2 Å². The molecule has 6 aliphatic rings. The maximum Gasteiger partial charge on any atom is 0.264 e. The van der Waals surface area contributed by atoms with E-state index in [0.717, 1.165) is 19.3 Å². The third-order valence-corrected chi connectivity index (χ3v) is 28.8. The van der Waals surface area contributed by atoms with Crippen molar-refractivity contribution in [3.05, 3.63) is 221 Å². The van der Waals surface area contributed by atoms with E-state index in [-0.39, 0.29) is 39.2 Å². The summed E-state index contributed by atoms with van der Waals surface area (Å²) < 4.78 is 2.85. The molecule has 0 saturated carbocycles. The molecule has 4 heterocycles. The van der Waals surface area contributed by atoms with E-state index >= 15 is 0 Å². The van der Waals surface area contributed by atoms with Crippen LogP contribution in [0.4, 0.5) is 34.1 Å². The molecule has 9 aromatic carbocycles. The molecule has 2 nitrogen and oxygen atoms in total. The minimum Gasteiger partial charge on any atom is -0.311 e. The van der Waals surface area contributed by atoms with Gasteiger partial charge >= 0.3 is 0 Å². The fraction of sp³-hybridized carbons (Fsp3) is 0.309. The summed E-state index contributed by atoms with van der Waals surface area (Å²) in [6.45, 7) is 32.3. The van der Waals surface area contributed by atoms with E-state index < -0.39 is 8.07 Å². The molecule has 0 atom stereocenters. The van der Waals surface area contributed by atoms with Crippen LogP contribution in [0.1, 0.15) is 161 Å². The van der Waals surface area contributed by atoms with E-state index in [4.69, 9.17) is 0 Å². The average Bonchev–Trinajstić information content (AvgIpc) is 1.37. The fourth-order valence-electron chi connectivity index (χ4n) is 17.5. The van der Waals surface area contributed by atoms with Gasteiger partial charge in [-0.2, -0.15) is 0 Å². The van der Waals surface area contributed by atoms with Crippen molar-refractivity contribution >= 4 is 107 Å². The quantitative estimate of drug-likeness (QED) is 0.159. The summed E-state index contributed by atoms with van der Waals surface area (Å²) >= 11 is 2.09. The highest BCUT2D eigenvalue weighted by Crippen LogP contribution is 2.57. The van der Waals surface area contributed by atoms with Crippen LogP contribution in [-0.4, -0.2) is 14.8 Å². The van der Waals surface area contributed by atoms with Gasteiger partial charge in [0.05, 0.1) is 11.4 Å². The minimum atomic E-state index is -2.95. The monoisotopic (exact) mass is 1150 g/mol. The van der Waals surface area contributed by atoms with Crippen molar-refractivity contribution < 1.29 is 0 Å². The van der Waals surface area contributed by atoms with Crippen LogP contribution in [0.3, 0.4) is 0 Å². The van der Waals surface area contributed by atoms with Crippen LogP contribution in [0.15, 0.2) is 182 Å². The molecular weight excluding hydrogens is 1070 g/mol. The second kappa shape index (κ2) is 18.2. The summed E-state index contributed by atoms with van der Waals surface area (Å²) in [5, 5.41) is 7.22. The van der Waals surface area contributed by atoms with Gasteiger partial charge in [0.2, 0.25) is 0 Å². The Morgan fingerprint density at radius 1 is 0.395 bits per heavy atom. The lowest BCUT2D eigenvalue weighted by Crippen LogP contribution is -2.73. The van der Waals surface area contributed by atoms with Gasteiger partial charge in [-0.05, 0) is 220 Å². The Labute approximate surface area is 517 Å². The summed E-state index contributed by atoms with van der Waals surface area (Å²) in [4.78, 5) is 5.59. The zero-order valence-electron chi connectivity index (χ0n) is 52.9. The second-order valence-corrected chi connectivity index (χ2v) is 35.6. The van der Waals surface area contributed by atoms with Gasteiger partial charge in [-0.25, -0.2) is 0 Å². The highest BCUT2D eigenvalue weighted by atomic mass is 32.1. The van der Waals surface area contributed by atoms with Gasteiger partial charge in [0.25, 0.3) is 6.71 Å². The predicted molar refractivity (Wildman–Crippen MR) is 374 cm³/mol. The van der Waals surface area contributed by atoms with E-state index in [1.165, 1.54) is 161 Å². The molecule has 0 spiro atoms. The van der Waals surface area contributed by atoms with E-state index in [9.17, 15) is 0 Å². The molecule has 5 heteroatoms. The van der Waals surface area contributed by atoms with Crippen molar-refractivity contribution in [1.82, 2.24) is 0 Å². The zero-order valence-corrected chi connectivity index (χ0v) is 54.8. The maximum absolute atomic E-state index is 2.95. The number of rotatable bonds is 5. The van der Waals surface area contributed by atoms with Crippen molar-refractivity contribution in [2.24, 2.45) is 0 Å². The largest absolute Gasteiger partial charge is 0.311 e. The Kier molecular flexibility index (Phi) is 11.5. The Morgan fingerprint density at radius 3 is 1.50 bits per heavy atom. The van der Waals surface area contributed by atoms with Crippen molar-refractivity contribution in [3.63, 3.8) is 0 Å². The van der Waals surface area contributed by atoms with Crippen LogP contribution < -0.4 is 46.2 Å². The normalized spacial score (nSPS) is 19.5. The molecular formula is C81H81BN2SSi. The number of anilines is 6. The average molecular weight is 1150 g/mol. The van der Waals surface area contributed by atoms with Gasteiger partial charge in [-0.15, -0.1) is 11.3 Å². The molecule has 0 radical (unpaired) electrons. The van der Waals surface area contributed by atoms with Gasteiger partial charge in [-0.1, -0.05) is 210 Å². The summed E-state index contributed by atoms with van der Waals surface area (Å²) in [5.74, 6) is 0. The molecule has 1 aromatic heterocycles. The van der Waals surface area contributed by atoms with E-state index in [1.54, 1.807) is 0 Å². The van der Waals surface area contributed by atoms with Crippen LogP contribution in [0.25, 0.3) is 32.3 Å². The molecule has 0 amide bonds. The number of nitrogens with zero attached hydrogens (tertiary/aromatic N) is 2. The maximum atomic E-state index is 2.80. The Morgan fingerprint density at radius 2 is 0.895 bits per heavy atom. The first-order chi connectivity index (χ1) is 41.0. The highest BCUT2D eigenvalue weighted by Gasteiger charge is 2.53. The van der Waals surface area contributed by atoms with Crippen molar-refractivity contribution in [2.45, 2.75) is 161 Å². The van der Waals surface area contributed by atoms with Gasteiger partial charge in [0.1, 0.15) is 0 Å². The van der Waals surface area contributed by atoms with Crippen molar-refractivity contribution in [3.8, 4) is 22.3 Å². The molecule has 16 rings (SSSR count). The van der Waals surface area contributed by atoms with E-state index in [1.807, 2.05) is 0 Å². The van der Waals surface area contributed by atoms with Gasteiger partial charge in [-0.3, -0.25) is 0 Å². The first-order valence-electron chi connectivity index (χ1n) is 32.2.